The van der Waals surface area contributed by atoms with Crippen molar-refractivity contribution in [1.82, 2.24) is 4.68 Å². The molecule has 3 rings (SSSR count). The van der Waals surface area contributed by atoms with Gasteiger partial charge in [-0.25, -0.2) is 0 Å². The fraction of sp³-hybridized carbons (Fsp3) is 0.778. The van der Waals surface area contributed by atoms with Crippen LogP contribution in [0.5, 0.6) is 0 Å². The third-order valence-electron chi connectivity index (χ3n) is 5.42. The number of aliphatic hydroxyl groups excluding tert-OH is 1. The standard InChI is InChI=1S/C18H30N2O/c1-12-7-6-8-13(2)19(12)20-14(3)9-15-16(20)10-18(4,5)11-17(15)21/h9,12-13,17,21H,6-8,10-11H2,1-5H3. The quantitative estimate of drug-likeness (QED) is 0.854. The molecular formula is C18H30N2O. The molecule has 0 bridgehead atoms. The Morgan fingerprint density at radius 1 is 1.19 bits per heavy atom. The van der Waals surface area contributed by atoms with Gasteiger partial charge in [0.05, 0.1) is 6.10 Å². The van der Waals surface area contributed by atoms with E-state index in [4.69, 9.17) is 0 Å². The lowest BCUT2D eigenvalue weighted by Gasteiger charge is -2.44. The summed E-state index contributed by atoms with van der Waals surface area (Å²) in [5.41, 5.74) is 3.96. The number of fused-ring (bicyclic) bond motifs is 1. The fourth-order valence-electron chi connectivity index (χ4n) is 4.45. The Labute approximate surface area is 128 Å². The fourth-order valence-corrected chi connectivity index (χ4v) is 4.45. The Morgan fingerprint density at radius 3 is 2.43 bits per heavy atom. The lowest BCUT2D eigenvalue weighted by atomic mass is 9.75. The van der Waals surface area contributed by atoms with Crippen LogP contribution in [0.25, 0.3) is 0 Å². The lowest BCUT2D eigenvalue weighted by Crippen LogP contribution is -2.52. The first-order valence-corrected chi connectivity index (χ1v) is 8.48. The van der Waals surface area contributed by atoms with Gasteiger partial charge in [0.2, 0.25) is 0 Å². The van der Waals surface area contributed by atoms with Crippen molar-refractivity contribution in [1.29, 1.82) is 0 Å². The van der Waals surface area contributed by atoms with Gasteiger partial charge in [0.15, 0.2) is 0 Å². The van der Waals surface area contributed by atoms with E-state index in [0.29, 0.717) is 12.1 Å². The first-order valence-electron chi connectivity index (χ1n) is 8.48. The second-order valence-electron chi connectivity index (χ2n) is 8.07. The van der Waals surface area contributed by atoms with Crippen LogP contribution in [-0.2, 0) is 6.42 Å². The molecule has 1 aromatic heterocycles. The van der Waals surface area contributed by atoms with Crippen LogP contribution < -0.4 is 5.01 Å². The summed E-state index contributed by atoms with van der Waals surface area (Å²) in [4.78, 5) is 0. The Balaban J connectivity index is 2.07. The molecule has 0 radical (unpaired) electrons. The molecule has 2 heterocycles. The molecule has 0 saturated carbocycles. The number of hydrogen-bond donors (Lipinski definition) is 1. The number of aromatic nitrogens is 1. The zero-order valence-corrected chi connectivity index (χ0v) is 14.2. The lowest BCUT2D eigenvalue weighted by molar-refractivity contribution is 0.0972. The van der Waals surface area contributed by atoms with E-state index in [-0.39, 0.29) is 11.5 Å². The topological polar surface area (TPSA) is 28.4 Å². The summed E-state index contributed by atoms with van der Waals surface area (Å²) in [6.07, 6.45) is 5.48. The average Bonchev–Trinajstić information content (AvgIpc) is 2.66. The van der Waals surface area contributed by atoms with Gasteiger partial charge >= 0.3 is 0 Å². The molecule has 118 valence electrons. The van der Waals surface area contributed by atoms with Crippen LogP contribution in [0.4, 0.5) is 0 Å². The van der Waals surface area contributed by atoms with Crippen molar-refractivity contribution in [2.45, 2.75) is 84.9 Å². The predicted octanol–water partition coefficient (Wildman–Crippen LogP) is 3.70. The van der Waals surface area contributed by atoms with Gasteiger partial charge in [-0.05, 0) is 64.4 Å². The van der Waals surface area contributed by atoms with Gasteiger partial charge in [0.1, 0.15) is 0 Å². The van der Waals surface area contributed by atoms with E-state index >= 15 is 0 Å². The number of hydrogen-bond acceptors (Lipinski definition) is 2. The number of piperidine rings is 1. The van der Waals surface area contributed by atoms with E-state index in [1.165, 1.54) is 30.7 Å². The summed E-state index contributed by atoms with van der Waals surface area (Å²) in [5.74, 6) is 0. The highest BCUT2D eigenvalue weighted by Gasteiger charge is 2.37. The van der Waals surface area contributed by atoms with Crippen LogP contribution in [0.3, 0.4) is 0 Å². The molecule has 3 unspecified atom stereocenters. The summed E-state index contributed by atoms with van der Waals surface area (Å²) in [7, 11) is 0. The highest BCUT2D eigenvalue weighted by atomic mass is 16.3. The van der Waals surface area contributed by atoms with Crippen LogP contribution in [0, 0.1) is 12.3 Å². The monoisotopic (exact) mass is 290 g/mol. The number of nitrogens with zero attached hydrogens (tertiary/aromatic N) is 2. The minimum atomic E-state index is -0.306. The molecule has 2 aliphatic rings. The second kappa shape index (κ2) is 5.05. The van der Waals surface area contributed by atoms with Crippen molar-refractivity contribution in [3.8, 4) is 0 Å². The molecule has 0 aromatic carbocycles. The van der Waals surface area contributed by atoms with E-state index in [9.17, 15) is 5.11 Å². The van der Waals surface area contributed by atoms with Crippen molar-refractivity contribution >= 4 is 0 Å². The van der Waals surface area contributed by atoms with Crippen LogP contribution in [0.2, 0.25) is 0 Å². The molecular weight excluding hydrogens is 260 g/mol. The maximum Gasteiger partial charge on any atom is 0.0813 e. The van der Waals surface area contributed by atoms with Crippen LogP contribution in [0.1, 0.15) is 76.4 Å². The highest BCUT2D eigenvalue weighted by Crippen LogP contribution is 2.42. The van der Waals surface area contributed by atoms with Crippen LogP contribution in [-0.4, -0.2) is 21.9 Å². The van der Waals surface area contributed by atoms with Crippen LogP contribution in [0.15, 0.2) is 6.07 Å². The smallest absolute Gasteiger partial charge is 0.0813 e. The normalized spacial score (nSPS) is 32.1. The summed E-state index contributed by atoms with van der Waals surface area (Å²) in [5, 5.41) is 13.1. The Kier molecular flexibility index (Phi) is 3.59. The van der Waals surface area contributed by atoms with E-state index in [1.807, 2.05) is 0 Å². The van der Waals surface area contributed by atoms with Gasteiger partial charge in [-0.3, -0.25) is 4.68 Å². The molecule has 3 heteroatoms. The van der Waals surface area contributed by atoms with Gasteiger partial charge < -0.3 is 10.1 Å². The maximum absolute atomic E-state index is 10.5. The van der Waals surface area contributed by atoms with Crippen molar-refractivity contribution in [3.63, 3.8) is 0 Å². The molecule has 1 aliphatic carbocycles. The van der Waals surface area contributed by atoms with Crippen molar-refractivity contribution in [2.24, 2.45) is 5.41 Å². The zero-order chi connectivity index (χ0) is 15.4. The summed E-state index contributed by atoms with van der Waals surface area (Å²) < 4.78 is 2.44. The second-order valence-corrected chi connectivity index (χ2v) is 8.07. The molecule has 1 aliphatic heterocycles. The molecule has 21 heavy (non-hydrogen) atoms. The van der Waals surface area contributed by atoms with E-state index in [2.05, 4.69) is 50.4 Å². The molecule has 1 fully saturated rings. The SMILES string of the molecule is Cc1cc2c(n1N1C(C)CCCC1C)CC(C)(C)CC2O. The molecule has 3 nitrogen and oxygen atoms in total. The van der Waals surface area contributed by atoms with Crippen LogP contribution >= 0.6 is 0 Å². The summed E-state index contributed by atoms with van der Waals surface area (Å²) in [6, 6.07) is 3.36. The molecule has 0 spiro atoms. The van der Waals surface area contributed by atoms with E-state index in [0.717, 1.165) is 18.4 Å². The number of rotatable bonds is 1. The summed E-state index contributed by atoms with van der Waals surface area (Å²) >= 11 is 0. The molecule has 1 N–H and O–H groups in total. The molecule has 1 saturated heterocycles. The zero-order valence-electron chi connectivity index (χ0n) is 14.2. The largest absolute Gasteiger partial charge is 0.388 e. The maximum atomic E-state index is 10.5. The average molecular weight is 290 g/mol. The Morgan fingerprint density at radius 2 is 1.81 bits per heavy atom. The van der Waals surface area contributed by atoms with E-state index < -0.39 is 0 Å². The third-order valence-corrected chi connectivity index (χ3v) is 5.42. The first kappa shape index (κ1) is 15.0. The number of aryl methyl sites for hydroxylation is 1. The van der Waals surface area contributed by atoms with Gasteiger partial charge in [0, 0.05) is 29.0 Å². The minimum absolute atomic E-state index is 0.178. The molecule has 3 atom stereocenters. The Hall–Kier alpha value is -0.960. The highest BCUT2D eigenvalue weighted by molar-refractivity contribution is 5.35. The van der Waals surface area contributed by atoms with Crippen molar-refractivity contribution in [2.75, 3.05) is 5.01 Å². The first-order chi connectivity index (χ1) is 9.80. The molecule has 1 aromatic rings. The Bertz CT molecular complexity index is 522. The van der Waals surface area contributed by atoms with Gasteiger partial charge in [-0.2, -0.15) is 0 Å². The van der Waals surface area contributed by atoms with Crippen molar-refractivity contribution < 1.29 is 5.11 Å². The van der Waals surface area contributed by atoms with Gasteiger partial charge in [-0.15, -0.1) is 0 Å². The van der Waals surface area contributed by atoms with E-state index in [1.54, 1.807) is 0 Å². The third kappa shape index (κ3) is 2.50. The minimum Gasteiger partial charge on any atom is -0.388 e. The van der Waals surface area contributed by atoms with Crippen molar-refractivity contribution in [3.05, 3.63) is 23.0 Å². The predicted molar refractivity (Wildman–Crippen MR) is 87.2 cm³/mol. The van der Waals surface area contributed by atoms with Gasteiger partial charge in [-0.1, -0.05) is 13.8 Å². The molecule has 0 amide bonds. The number of aliphatic hydroxyl groups is 1. The summed E-state index contributed by atoms with van der Waals surface area (Å²) in [6.45, 7) is 11.4. The van der Waals surface area contributed by atoms with Gasteiger partial charge in [0.25, 0.3) is 0 Å².